The van der Waals surface area contributed by atoms with Crippen molar-refractivity contribution in [3.63, 3.8) is 0 Å². The van der Waals surface area contributed by atoms with E-state index in [9.17, 15) is 9.59 Å². The summed E-state index contributed by atoms with van der Waals surface area (Å²) in [5.41, 5.74) is 2.97. The van der Waals surface area contributed by atoms with Crippen molar-refractivity contribution in [1.29, 1.82) is 0 Å². The molecule has 136 valence electrons. The maximum absolute atomic E-state index is 13.3. The van der Waals surface area contributed by atoms with Gasteiger partial charge in [0, 0.05) is 17.1 Å². The smallest absolute Gasteiger partial charge is 0.266 e. The zero-order valence-electron chi connectivity index (χ0n) is 14.4. The third-order valence-corrected chi connectivity index (χ3v) is 6.27. The average Bonchev–Trinajstić information content (AvgIpc) is 3.10. The highest BCUT2D eigenvalue weighted by atomic mass is 35.5. The first kappa shape index (κ1) is 18.2. The monoisotopic (exact) mass is 414 g/mol. The number of anilines is 1. The molecule has 2 amide bonds. The molecule has 0 N–H and O–H groups in total. The zero-order valence-corrected chi connectivity index (χ0v) is 16.8. The quantitative estimate of drug-likeness (QED) is 0.548. The number of fused-ring (bicyclic) bond motifs is 1. The molecule has 0 spiro atoms. The molecule has 4 rings (SSSR count). The van der Waals surface area contributed by atoms with Crippen molar-refractivity contribution in [1.82, 2.24) is 4.90 Å². The van der Waals surface area contributed by atoms with E-state index in [2.05, 4.69) is 0 Å². The predicted molar refractivity (Wildman–Crippen MR) is 114 cm³/mol. The molecule has 0 aliphatic carbocycles. The van der Waals surface area contributed by atoms with Crippen LogP contribution in [0.4, 0.5) is 5.69 Å². The summed E-state index contributed by atoms with van der Waals surface area (Å²) in [6, 6.07) is 14.9. The van der Waals surface area contributed by atoms with Gasteiger partial charge >= 0.3 is 0 Å². The minimum absolute atomic E-state index is 0.178. The number of hydrogen-bond donors (Lipinski definition) is 0. The molecular formula is C20H15ClN2O2S2. The van der Waals surface area contributed by atoms with Gasteiger partial charge < -0.3 is 4.90 Å². The molecule has 0 unspecified atom stereocenters. The Hall–Kier alpha value is -2.15. The van der Waals surface area contributed by atoms with Gasteiger partial charge in [0.15, 0.2) is 0 Å². The van der Waals surface area contributed by atoms with Crippen LogP contribution in [0.25, 0.3) is 5.57 Å². The second-order valence-corrected chi connectivity index (χ2v) is 8.24. The Morgan fingerprint density at radius 2 is 1.70 bits per heavy atom. The number of thiocarbonyl (C=S) groups is 1. The van der Waals surface area contributed by atoms with Crippen molar-refractivity contribution in [2.24, 2.45) is 0 Å². The van der Waals surface area contributed by atoms with Crippen LogP contribution in [0.15, 0.2) is 53.4 Å². The topological polar surface area (TPSA) is 40.6 Å². The molecule has 2 aromatic carbocycles. The molecule has 4 nitrogen and oxygen atoms in total. The van der Waals surface area contributed by atoms with Gasteiger partial charge in [-0.1, -0.05) is 65.9 Å². The lowest BCUT2D eigenvalue weighted by molar-refractivity contribution is -0.122. The zero-order chi connectivity index (χ0) is 19.1. The Morgan fingerprint density at radius 1 is 1.00 bits per heavy atom. The molecule has 2 aliphatic rings. The fraction of sp³-hybridized carbons (Fsp3) is 0.150. The number of amides is 2. The SMILES string of the molecule is CCN1C(=O)/C(=C2/C(=O)N(Cc3ccc(Cl)cc3)c3ccccc32)SC1=S. The summed E-state index contributed by atoms with van der Waals surface area (Å²) < 4.78 is 0.492. The van der Waals surface area contributed by atoms with E-state index in [1.165, 1.54) is 16.7 Å². The van der Waals surface area contributed by atoms with Crippen LogP contribution < -0.4 is 4.90 Å². The van der Waals surface area contributed by atoms with Gasteiger partial charge in [0.2, 0.25) is 0 Å². The maximum atomic E-state index is 13.3. The fourth-order valence-corrected chi connectivity index (χ4v) is 4.83. The Morgan fingerprint density at radius 3 is 2.37 bits per heavy atom. The maximum Gasteiger partial charge on any atom is 0.266 e. The van der Waals surface area contributed by atoms with E-state index >= 15 is 0 Å². The number of thioether (sulfide) groups is 1. The van der Waals surface area contributed by atoms with Crippen LogP contribution in [0.3, 0.4) is 0 Å². The van der Waals surface area contributed by atoms with Crippen molar-refractivity contribution in [2.45, 2.75) is 13.5 Å². The number of carbonyl (C=O) groups excluding carboxylic acids is 2. The summed E-state index contributed by atoms with van der Waals surface area (Å²) in [6.07, 6.45) is 0. The number of halogens is 1. The van der Waals surface area contributed by atoms with Crippen LogP contribution in [-0.2, 0) is 16.1 Å². The molecule has 2 heterocycles. The lowest BCUT2D eigenvalue weighted by atomic mass is 10.1. The first-order chi connectivity index (χ1) is 13.0. The Kier molecular flexibility index (Phi) is 4.80. The van der Waals surface area contributed by atoms with Gasteiger partial charge in [-0.15, -0.1) is 0 Å². The first-order valence-corrected chi connectivity index (χ1v) is 10.0. The van der Waals surface area contributed by atoms with Gasteiger partial charge in [0.25, 0.3) is 11.8 Å². The molecule has 1 saturated heterocycles. The molecule has 0 saturated carbocycles. The number of benzene rings is 2. The number of nitrogens with zero attached hydrogens (tertiary/aromatic N) is 2. The Labute approximate surface area is 171 Å². The molecule has 1 fully saturated rings. The summed E-state index contributed by atoms with van der Waals surface area (Å²) in [5.74, 6) is -0.373. The van der Waals surface area contributed by atoms with Gasteiger partial charge in [0.1, 0.15) is 4.32 Å². The van der Waals surface area contributed by atoms with Crippen molar-refractivity contribution < 1.29 is 9.59 Å². The largest absolute Gasteiger partial charge is 0.303 e. The summed E-state index contributed by atoms with van der Waals surface area (Å²) >= 11 is 12.5. The number of carbonyl (C=O) groups is 2. The highest BCUT2D eigenvalue weighted by Gasteiger charge is 2.41. The van der Waals surface area contributed by atoms with Gasteiger partial charge in [-0.3, -0.25) is 14.5 Å². The second kappa shape index (κ2) is 7.11. The summed E-state index contributed by atoms with van der Waals surface area (Å²) in [7, 11) is 0. The van der Waals surface area contributed by atoms with E-state index in [0.717, 1.165) is 16.8 Å². The van der Waals surface area contributed by atoms with Crippen LogP contribution in [0.5, 0.6) is 0 Å². The van der Waals surface area contributed by atoms with Crippen LogP contribution in [0, 0.1) is 0 Å². The van der Waals surface area contributed by atoms with Crippen molar-refractivity contribution in [3.8, 4) is 0 Å². The lowest BCUT2D eigenvalue weighted by Gasteiger charge is -2.17. The molecule has 0 aromatic heterocycles. The summed E-state index contributed by atoms with van der Waals surface area (Å²) in [6.45, 7) is 2.77. The van der Waals surface area contributed by atoms with Gasteiger partial charge in [0.05, 0.1) is 22.7 Å². The summed E-state index contributed by atoms with van der Waals surface area (Å²) in [4.78, 5) is 29.7. The normalized spacial score (nSPS) is 19.3. The van der Waals surface area contributed by atoms with Crippen molar-refractivity contribution in [3.05, 3.63) is 69.6 Å². The fourth-order valence-electron chi connectivity index (χ4n) is 3.25. The van der Waals surface area contributed by atoms with E-state index < -0.39 is 0 Å². The predicted octanol–water partition coefficient (Wildman–Crippen LogP) is 4.48. The highest BCUT2D eigenvalue weighted by molar-refractivity contribution is 8.26. The van der Waals surface area contributed by atoms with Crippen molar-refractivity contribution >= 4 is 63.0 Å². The Balaban J connectivity index is 1.79. The van der Waals surface area contributed by atoms with E-state index in [-0.39, 0.29) is 11.8 Å². The van der Waals surface area contributed by atoms with E-state index in [1.807, 2.05) is 43.3 Å². The van der Waals surface area contributed by atoms with Gasteiger partial charge in [-0.25, -0.2) is 0 Å². The summed E-state index contributed by atoms with van der Waals surface area (Å²) in [5, 5.41) is 0.649. The standard InChI is InChI=1S/C20H15ClN2O2S2/c1-2-22-19(25)17(27-20(22)26)16-14-5-3-4-6-15(14)23(18(16)24)11-12-7-9-13(21)10-8-12/h3-10H,2,11H2,1H3/b17-16-. The third kappa shape index (κ3) is 3.08. The number of para-hydroxylation sites is 1. The molecule has 2 aromatic rings. The second-order valence-electron chi connectivity index (χ2n) is 6.16. The van der Waals surface area contributed by atoms with Crippen molar-refractivity contribution in [2.75, 3.05) is 11.4 Å². The van der Waals surface area contributed by atoms with E-state index in [4.69, 9.17) is 23.8 Å². The van der Waals surface area contributed by atoms with Crippen LogP contribution in [0.2, 0.25) is 5.02 Å². The first-order valence-electron chi connectivity index (χ1n) is 8.45. The van der Waals surface area contributed by atoms with Crippen LogP contribution in [-0.4, -0.2) is 27.6 Å². The average molecular weight is 415 g/mol. The van der Waals surface area contributed by atoms with E-state index in [1.54, 1.807) is 17.0 Å². The molecule has 2 aliphatic heterocycles. The Bertz CT molecular complexity index is 1000. The number of likely N-dealkylation sites (N-methyl/N-ethyl adjacent to an activating group) is 1. The molecule has 27 heavy (non-hydrogen) atoms. The van der Waals surface area contributed by atoms with Crippen LogP contribution in [0.1, 0.15) is 18.1 Å². The molecule has 7 heteroatoms. The molecule has 0 radical (unpaired) electrons. The minimum Gasteiger partial charge on any atom is -0.303 e. The molecule has 0 atom stereocenters. The molecular weight excluding hydrogens is 400 g/mol. The molecule has 0 bridgehead atoms. The van der Waals surface area contributed by atoms with Gasteiger partial charge in [-0.2, -0.15) is 0 Å². The van der Waals surface area contributed by atoms with E-state index in [0.29, 0.717) is 32.9 Å². The number of hydrogen-bond acceptors (Lipinski definition) is 4. The third-order valence-electron chi connectivity index (χ3n) is 4.57. The van der Waals surface area contributed by atoms with Gasteiger partial charge in [-0.05, 0) is 30.7 Å². The lowest BCUT2D eigenvalue weighted by Crippen LogP contribution is -2.29. The number of rotatable bonds is 3. The highest BCUT2D eigenvalue weighted by Crippen LogP contribution is 2.44. The van der Waals surface area contributed by atoms with Crippen LogP contribution >= 0.6 is 35.6 Å². The minimum atomic E-state index is -0.195.